The van der Waals surface area contributed by atoms with E-state index in [4.69, 9.17) is 5.11 Å². The molecule has 1 N–H and O–H groups in total. The van der Waals surface area contributed by atoms with Crippen molar-refractivity contribution in [3.05, 3.63) is 40.9 Å². The molecule has 15 heavy (non-hydrogen) atoms. The van der Waals surface area contributed by atoms with Crippen molar-refractivity contribution in [1.82, 2.24) is 4.98 Å². The maximum absolute atomic E-state index is 8.99. The molecule has 1 heterocycles. The van der Waals surface area contributed by atoms with Crippen LogP contribution in [0.1, 0.15) is 17.4 Å². The van der Waals surface area contributed by atoms with Crippen LogP contribution in [0.15, 0.2) is 30.5 Å². The first-order chi connectivity index (χ1) is 7.35. The Labute approximate surface area is 93.2 Å². The largest absolute Gasteiger partial charge is 0.391 e. The van der Waals surface area contributed by atoms with Crippen LogP contribution in [0.3, 0.4) is 0 Å². The van der Waals surface area contributed by atoms with Crippen molar-refractivity contribution < 1.29 is 5.11 Å². The summed E-state index contributed by atoms with van der Waals surface area (Å²) in [6.45, 7) is 2.21. The van der Waals surface area contributed by atoms with Gasteiger partial charge in [-0.05, 0) is 12.0 Å². The molecular weight excluding hydrogens is 206 g/mol. The SMILES string of the molecule is CCc1ccccc1-c1ncc(CO)s1. The van der Waals surface area contributed by atoms with Gasteiger partial charge >= 0.3 is 0 Å². The van der Waals surface area contributed by atoms with Gasteiger partial charge in [0, 0.05) is 11.8 Å². The fraction of sp³-hybridized carbons (Fsp3) is 0.250. The predicted octanol–water partition coefficient (Wildman–Crippen LogP) is 2.86. The first-order valence-corrected chi connectivity index (χ1v) is 5.80. The van der Waals surface area contributed by atoms with E-state index in [1.165, 1.54) is 11.1 Å². The van der Waals surface area contributed by atoms with Gasteiger partial charge in [0.2, 0.25) is 0 Å². The van der Waals surface area contributed by atoms with Crippen molar-refractivity contribution >= 4 is 11.3 Å². The number of nitrogens with zero attached hydrogens (tertiary/aromatic N) is 1. The average Bonchev–Trinajstić information content (AvgIpc) is 2.77. The minimum atomic E-state index is 0.0754. The van der Waals surface area contributed by atoms with Gasteiger partial charge in [-0.3, -0.25) is 0 Å². The topological polar surface area (TPSA) is 33.1 Å². The second-order valence-corrected chi connectivity index (χ2v) is 4.42. The van der Waals surface area contributed by atoms with Gasteiger partial charge in [-0.2, -0.15) is 0 Å². The van der Waals surface area contributed by atoms with Crippen LogP contribution in [0.25, 0.3) is 10.6 Å². The van der Waals surface area contributed by atoms with Gasteiger partial charge < -0.3 is 5.11 Å². The van der Waals surface area contributed by atoms with Gasteiger partial charge in [0.15, 0.2) is 0 Å². The molecule has 2 rings (SSSR count). The molecule has 0 aliphatic rings. The Bertz CT molecular complexity index is 450. The molecule has 0 unspecified atom stereocenters. The molecule has 1 aromatic carbocycles. The third-order valence-electron chi connectivity index (χ3n) is 2.34. The number of rotatable bonds is 3. The molecule has 2 nitrogen and oxygen atoms in total. The van der Waals surface area contributed by atoms with E-state index in [0.717, 1.165) is 16.3 Å². The zero-order valence-electron chi connectivity index (χ0n) is 8.60. The number of aliphatic hydroxyl groups excluding tert-OH is 1. The first kappa shape index (κ1) is 10.3. The van der Waals surface area contributed by atoms with Crippen LogP contribution < -0.4 is 0 Å². The maximum atomic E-state index is 8.99. The molecule has 0 fully saturated rings. The third kappa shape index (κ3) is 2.08. The monoisotopic (exact) mass is 219 g/mol. The number of aryl methyl sites for hydroxylation is 1. The minimum absolute atomic E-state index is 0.0754. The van der Waals surface area contributed by atoms with Crippen LogP contribution in [0.5, 0.6) is 0 Å². The molecule has 1 aromatic heterocycles. The number of aromatic nitrogens is 1. The van der Waals surface area contributed by atoms with Crippen LogP contribution in [-0.2, 0) is 13.0 Å². The minimum Gasteiger partial charge on any atom is -0.391 e. The summed E-state index contributed by atoms with van der Waals surface area (Å²) in [6.07, 6.45) is 2.75. The van der Waals surface area contributed by atoms with E-state index in [2.05, 4.69) is 24.0 Å². The molecule has 0 atom stereocenters. The van der Waals surface area contributed by atoms with Crippen LogP contribution in [0.2, 0.25) is 0 Å². The van der Waals surface area contributed by atoms with Crippen LogP contribution in [0.4, 0.5) is 0 Å². The lowest BCUT2D eigenvalue weighted by atomic mass is 10.1. The maximum Gasteiger partial charge on any atom is 0.123 e. The van der Waals surface area contributed by atoms with Crippen molar-refractivity contribution in [1.29, 1.82) is 0 Å². The van der Waals surface area contributed by atoms with Crippen molar-refractivity contribution in [2.45, 2.75) is 20.0 Å². The Hall–Kier alpha value is -1.19. The molecule has 0 aliphatic heterocycles. The number of hydrogen-bond donors (Lipinski definition) is 1. The van der Waals surface area contributed by atoms with E-state index in [-0.39, 0.29) is 6.61 Å². The molecule has 0 spiro atoms. The summed E-state index contributed by atoms with van der Waals surface area (Å²) in [5, 5.41) is 9.99. The molecule has 78 valence electrons. The fourth-order valence-electron chi connectivity index (χ4n) is 1.54. The molecule has 2 aromatic rings. The Balaban J connectivity index is 2.44. The first-order valence-electron chi connectivity index (χ1n) is 4.99. The summed E-state index contributed by atoms with van der Waals surface area (Å²) < 4.78 is 0. The van der Waals surface area contributed by atoms with Crippen LogP contribution in [0, 0.1) is 0 Å². The van der Waals surface area contributed by atoms with Gasteiger partial charge in [0.1, 0.15) is 5.01 Å². The molecule has 0 aliphatic carbocycles. The van der Waals surface area contributed by atoms with E-state index in [9.17, 15) is 0 Å². The molecule has 0 radical (unpaired) electrons. The molecule has 0 saturated carbocycles. The van der Waals surface area contributed by atoms with E-state index in [0.29, 0.717) is 0 Å². The fourth-order valence-corrected chi connectivity index (χ4v) is 2.38. The number of benzene rings is 1. The second-order valence-electron chi connectivity index (χ2n) is 3.30. The van der Waals surface area contributed by atoms with Crippen molar-refractivity contribution in [2.75, 3.05) is 0 Å². The summed E-state index contributed by atoms with van der Waals surface area (Å²) in [4.78, 5) is 5.24. The van der Waals surface area contributed by atoms with Crippen LogP contribution >= 0.6 is 11.3 Å². The van der Waals surface area contributed by atoms with Crippen molar-refractivity contribution in [3.63, 3.8) is 0 Å². The lowest BCUT2D eigenvalue weighted by molar-refractivity contribution is 0.285. The zero-order chi connectivity index (χ0) is 10.7. The van der Waals surface area contributed by atoms with Gasteiger partial charge in [0.25, 0.3) is 0 Å². The molecule has 3 heteroatoms. The highest BCUT2D eigenvalue weighted by Gasteiger charge is 2.07. The van der Waals surface area contributed by atoms with E-state index in [1.807, 2.05) is 12.1 Å². The smallest absolute Gasteiger partial charge is 0.123 e. The summed E-state index contributed by atoms with van der Waals surface area (Å²) in [6, 6.07) is 8.27. The molecule has 0 saturated heterocycles. The van der Waals surface area contributed by atoms with E-state index >= 15 is 0 Å². The highest BCUT2D eigenvalue weighted by Crippen LogP contribution is 2.28. The zero-order valence-corrected chi connectivity index (χ0v) is 9.42. The Morgan fingerprint density at radius 2 is 2.13 bits per heavy atom. The normalized spacial score (nSPS) is 10.5. The van der Waals surface area contributed by atoms with Crippen molar-refractivity contribution in [3.8, 4) is 10.6 Å². The Morgan fingerprint density at radius 1 is 1.33 bits per heavy atom. The van der Waals surface area contributed by atoms with Gasteiger partial charge in [-0.25, -0.2) is 4.98 Å². The average molecular weight is 219 g/mol. The highest BCUT2D eigenvalue weighted by atomic mass is 32.1. The number of thiazole rings is 1. The standard InChI is InChI=1S/C12H13NOS/c1-2-9-5-3-4-6-11(9)12-13-7-10(8-14)15-12/h3-7,14H,2,8H2,1H3. The highest BCUT2D eigenvalue weighted by molar-refractivity contribution is 7.15. The van der Waals surface area contributed by atoms with Crippen LogP contribution in [-0.4, -0.2) is 10.1 Å². The lowest BCUT2D eigenvalue weighted by Crippen LogP contribution is -1.85. The molecule has 0 bridgehead atoms. The summed E-state index contributed by atoms with van der Waals surface area (Å²) >= 11 is 1.55. The van der Waals surface area contributed by atoms with Gasteiger partial charge in [0.05, 0.1) is 11.5 Å². The summed E-state index contributed by atoms with van der Waals surface area (Å²) in [5.74, 6) is 0. The van der Waals surface area contributed by atoms with E-state index < -0.39 is 0 Å². The Kier molecular flexibility index (Phi) is 3.14. The number of hydrogen-bond acceptors (Lipinski definition) is 3. The van der Waals surface area contributed by atoms with E-state index in [1.54, 1.807) is 17.5 Å². The third-order valence-corrected chi connectivity index (χ3v) is 3.35. The molecular formula is C12H13NOS. The molecule has 0 amide bonds. The van der Waals surface area contributed by atoms with Gasteiger partial charge in [-0.1, -0.05) is 31.2 Å². The second kappa shape index (κ2) is 4.55. The van der Waals surface area contributed by atoms with Crippen molar-refractivity contribution in [2.24, 2.45) is 0 Å². The quantitative estimate of drug-likeness (QED) is 0.861. The lowest BCUT2D eigenvalue weighted by Gasteiger charge is -2.03. The Morgan fingerprint density at radius 3 is 2.80 bits per heavy atom. The summed E-state index contributed by atoms with van der Waals surface area (Å²) in [5.41, 5.74) is 2.49. The predicted molar refractivity (Wildman–Crippen MR) is 62.9 cm³/mol. The number of aliphatic hydroxyl groups is 1. The summed E-state index contributed by atoms with van der Waals surface area (Å²) in [7, 11) is 0. The van der Waals surface area contributed by atoms with Gasteiger partial charge in [-0.15, -0.1) is 11.3 Å².